The topological polar surface area (TPSA) is 83.5 Å². The number of carbonyl (C=O) groups excluding carboxylic acids is 1. The lowest BCUT2D eigenvalue weighted by Gasteiger charge is -2.29. The van der Waals surface area contributed by atoms with Crippen LogP contribution in [0.5, 0.6) is 0 Å². The Hall–Kier alpha value is -1.83. The van der Waals surface area contributed by atoms with E-state index in [1.165, 1.54) is 12.5 Å². The van der Waals surface area contributed by atoms with Gasteiger partial charge in [-0.2, -0.15) is 0 Å². The Labute approximate surface area is 124 Å². The van der Waals surface area contributed by atoms with Crippen LogP contribution in [0.15, 0.2) is 38.5 Å². The number of aliphatic hydroxyl groups is 1. The zero-order valence-electron chi connectivity index (χ0n) is 12.0. The quantitative estimate of drug-likeness (QED) is 0.224. The molecule has 0 aromatic rings. The molecule has 0 heterocycles. The zero-order valence-corrected chi connectivity index (χ0v) is 12.0. The fourth-order valence-corrected chi connectivity index (χ4v) is 1.44. The molecule has 7 nitrogen and oxygen atoms in total. The van der Waals surface area contributed by atoms with Crippen LogP contribution in [0, 0.1) is 5.41 Å². The van der Waals surface area contributed by atoms with Crippen molar-refractivity contribution in [2.24, 2.45) is 5.41 Å². The van der Waals surface area contributed by atoms with Crippen molar-refractivity contribution < 1.29 is 33.6 Å². The van der Waals surface area contributed by atoms with Gasteiger partial charge < -0.3 is 28.8 Å². The predicted molar refractivity (Wildman–Crippen MR) is 74.6 cm³/mol. The van der Waals surface area contributed by atoms with Gasteiger partial charge in [0.2, 0.25) is 0 Å². The molecule has 1 N–H and O–H groups in total. The summed E-state index contributed by atoms with van der Waals surface area (Å²) in [5, 5.41) is 9.59. The highest BCUT2D eigenvalue weighted by molar-refractivity contribution is 5.71. The van der Waals surface area contributed by atoms with Gasteiger partial charge in [-0.25, -0.2) is 0 Å². The average molecular weight is 302 g/mol. The first-order valence-corrected chi connectivity index (χ1v) is 6.16. The van der Waals surface area contributed by atoms with Gasteiger partial charge in [0.25, 0.3) is 0 Å². The summed E-state index contributed by atoms with van der Waals surface area (Å²) >= 11 is 0. The normalized spacial score (nSPS) is 10.5. The molecule has 0 aliphatic rings. The van der Waals surface area contributed by atoms with Crippen LogP contribution in [0.1, 0.15) is 6.42 Å². The van der Waals surface area contributed by atoms with E-state index in [-0.39, 0.29) is 39.8 Å². The molecule has 0 bridgehead atoms. The maximum atomic E-state index is 11.6. The Kier molecular flexibility index (Phi) is 10.9. The summed E-state index contributed by atoms with van der Waals surface area (Å²) in [4.78, 5) is 11.6. The van der Waals surface area contributed by atoms with Gasteiger partial charge in [0.05, 0.1) is 50.4 Å². The number of esters is 1. The van der Waals surface area contributed by atoms with E-state index in [9.17, 15) is 9.90 Å². The number of aliphatic hydroxyl groups excluding tert-OH is 1. The highest BCUT2D eigenvalue weighted by Gasteiger charge is 2.34. The summed E-state index contributed by atoms with van der Waals surface area (Å²) in [6, 6.07) is 0. The minimum Gasteiger partial charge on any atom is -0.476 e. The fourth-order valence-electron chi connectivity index (χ4n) is 1.44. The molecule has 0 aliphatic heterocycles. The number of rotatable bonds is 14. The molecular formula is C14H22O7. The predicted octanol–water partition coefficient (Wildman–Crippen LogP) is 1.31. The lowest BCUT2D eigenvalue weighted by Crippen LogP contribution is -2.39. The maximum absolute atomic E-state index is 11.6. The Morgan fingerprint density at radius 1 is 1.00 bits per heavy atom. The van der Waals surface area contributed by atoms with Crippen LogP contribution in [0.2, 0.25) is 0 Å². The van der Waals surface area contributed by atoms with Gasteiger partial charge in [-0.3, -0.25) is 4.79 Å². The highest BCUT2D eigenvalue weighted by atomic mass is 16.7. The molecule has 0 fully saturated rings. The third kappa shape index (κ3) is 8.85. The van der Waals surface area contributed by atoms with Crippen molar-refractivity contribution in [1.82, 2.24) is 0 Å². The van der Waals surface area contributed by atoms with E-state index >= 15 is 0 Å². The minimum atomic E-state index is -0.977. The summed E-state index contributed by atoms with van der Waals surface area (Å²) in [6.07, 6.45) is 3.35. The van der Waals surface area contributed by atoms with Crippen molar-refractivity contribution >= 4 is 5.97 Å². The van der Waals surface area contributed by atoms with Crippen molar-refractivity contribution in [2.75, 3.05) is 33.4 Å². The first-order valence-electron chi connectivity index (χ1n) is 6.16. The molecule has 0 rings (SSSR count). The first-order chi connectivity index (χ1) is 10.1. The van der Waals surface area contributed by atoms with E-state index < -0.39 is 11.4 Å². The van der Waals surface area contributed by atoms with E-state index in [2.05, 4.69) is 24.5 Å². The minimum absolute atomic E-state index is 0.0255. The van der Waals surface area contributed by atoms with Crippen molar-refractivity contribution in [3.8, 4) is 0 Å². The van der Waals surface area contributed by atoms with E-state index in [4.69, 9.17) is 18.9 Å². The molecule has 0 radical (unpaired) electrons. The van der Waals surface area contributed by atoms with E-state index in [0.717, 1.165) is 6.26 Å². The SMILES string of the molecule is C=COCOCC(CO)(COCOC=C)CC(=O)OC=C. The lowest BCUT2D eigenvalue weighted by atomic mass is 9.87. The second kappa shape index (κ2) is 12.0. The molecule has 0 saturated heterocycles. The summed E-state index contributed by atoms with van der Waals surface area (Å²) in [7, 11) is 0. The Balaban J connectivity index is 4.56. The maximum Gasteiger partial charge on any atom is 0.311 e. The fraction of sp³-hybridized carbons (Fsp3) is 0.500. The summed E-state index contributed by atoms with van der Waals surface area (Å²) in [6.45, 7) is 9.64. The Bertz CT molecular complexity index is 311. The molecule has 0 saturated carbocycles. The van der Waals surface area contributed by atoms with Crippen LogP contribution in [-0.4, -0.2) is 44.5 Å². The second-order valence-electron chi connectivity index (χ2n) is 4.09. The van der Waals surface area contributed by atoms with Crippen LogP contribution >= 0.6 is 0 Å². The van der Waals surface area contributed by atoms with Crippen molar-refractivity contribution in [3.63, 3.8) is 0 Å². The largest absolute Gasteiger partial charge is 0.476 e. The summed E-state index contributed by atoms with van der Waals surface area (Å²) < 4.78 is 24.8. The van der Waals surface area contributed by atoms with Gasteiger partial charge in [-0.1, -0.05) is 19.7 Å². The number of hydrogen-bond acceptors (Lipinski definition) is 7. The molecular weight excluding hydrogens is 280 g/mol. The van der Waals surface area contributed by atoms with Gasteiger partial charge in [0.1, 0.15) is 0 Å². The molecule has 0 amide bonds. The number of carbonyl (C=O) groups is 1. The van der Waals surface area contributed by atoms with Crippen LogP contribution < -0.4 is 0 Å². The molecule has 0 aromatic carbocycles. The van der Waals surface area contributed by atoms with Crippen LogP contribution in [0.3, 0.4) is 0 Å². The van der Waals surface area contributed by atoms with E-state index in [1.807, 2.05) is 0 Å². The monoisotopic (exact) mass is 302 g/mol. The molecule has 0 aliphatic carbocycles. The molecule has 0 aromatic heterocycles. The average Bonchev–Trinajstić information content (AvgIpc) is 2.48. The van der Waals surface area contributed by atoms with Gasteiger partial charge in [-0.05, 0) is 0 Å². The summed E-state index contributed by atoms with van der Waals surface area (Å²) in [5.41, 5.74) is -0.977. The number of hydrogen-bond donors (Lipinski definition) is 1. The summed E-state index contributed by atoms with van der Waals surface area (Å²) in [5.74, 6) is -0.555. The van der Waals surface area contributed by atoms with Gasteiger partial charge in [0.15, 0.2) is 13.6 Å². The molecule has 0 unspecified atom stereocenters. The third-order valence-electron chi connectivity index (χ3n) is 2.42. The number of ether oxygens (including phenoxy) is 5. The van der Waals surface area contributed by atoms with Crippen molar-refractivity contribution in [2.45, 2.75) is 6.42 Å². The van der Waals surface area contributed by atoms with Gasteiger partial charge in [-0.15, -0.1) is 0 Å². The molecule has 0 atom stereocenters. The molecule has 0 spiro atoms. The van der Waals surface area contributed by atoms with Crippen LogP contribution in [0.25, 0.3) is 0 Å². The van der Waals surface area contributed by atoms with Crippen molar-refractivity contribution in [1.29, 1.82) is 0 Å². The zero-order chi connectivity index (χ0) is 16.0. The first kappa shape index (κ1) is 19.2. The second-order valence-corrected chi connectivity index (χ2v) is 4.09. The third-order valence-corrected chi connectivity index (χ3v) is 2.42. The molecule has 120 valence electrons. The molecule has 21 heavy (non-hydrogen) atoms. The van der Waals surface area contributed by atoms with Gasteiger partial charge in [0, 0.05) is 0 Å². The van der Waals surface area contributed by atoms with Crippen molar-refractivity contribution in [3.05, 3.63) is 38.5 Å². The van der Waals surface area contributed by atoms with E-state index in [1.54, 1.807) is 0 Å². The van der Waals surface area contributed by atoms with Crippen LogP contribution in [-0.2, 0) is 28.5 Å². The standard InChI is InChI=1S/C14H22O7/c1-4-17-11-19-9-14(8-15,7-13(16)21-6-3)10-20-12-18-5-2/h4-6,15H,1-3,7-12H2. The Morgan fingerprint density at radius 2 is 1.52 bits per heavy atom. The van der Waals surface area contributed by atoms with E-state index in [0.29, 0.717) is 0 Å². The smallest absolute Gasteiger partial charge is 0.311 e. The highest BCUT2D eigenvalue weighted by Crippen LogP contribution is 2.24. The lowest BCUT2D eigenvalue weighted by molar-refractivity contribution is -0.152. The molecule has 7 heteroatoms. The Morgan fingerprint density at radius 3 is 1.90 bits per heavy atom. The van der Waals surface area contributed by atoms with Crippen LogP contribution in [0.4, 0.5) is 0 Å². The van der Waals surface area contributed by atoms with Gasteiger partial charge >= 0.3 is 5.97 Å².